The Morgan fingerprint density at radius 2 is 1.60 bits per heavy atom. The summed E-state index contributed by atoms with van der Waals surface area (Å²) in [4.78, 5) is 0.275. The summed E-state index contributed by atoms with van der Waals surface area (Å²) in [6.07, 6.45) is 4.44. The Kier molecular flexibility index (Phi) is 9.67. The number of hydrogen-bond donors (Lipinski definition) is 0. The minimum atomic E-state index is -3.77. The van der Waals surface area contributed by atoms with Gasteiger partial charge < -0.3 is 13.9 Å². The number of benzene rings is 2. The largest absolute Gasteiger partial charge is 0.412 e. The molecule has 1 aliphatic rings. The Morgan fingerprint density at radius 1 is 0.950 bits per heavy atom. The van der Waals surface area contributed by atoms with Crippen molar-refractivity contribution in [2.75, 3.05) is 6.61 Å². The average molecular weight is 586 g/mol. The van der Waals surface area contributed by atoms with Gasteiger partial charge in [-0.3, -0.25) is 0 Å². The summed E-state index contributed by atoms with van der Waals surface area (Å²) >= 11 is 0. The van der Waals surface area contributed by atoms with E-state index < -0.39 is 18.3 Å². The van der Waals surface area contributed by atoms with Crippen molar-refractivity contribution in [3.8, 4) is 0 Å². The number of ether oxygens (including phenoxy) is 2. The van der Waals surface area contributed by atoms with E-state index in [1.54, 1.807) is 18.3 Å². The van der Waals surface area contributed by atoms with Gasteiger partial charge in [-0.25, -0.2) is 12.4 Å². The third kappa shape index (κ3) is 5.97. The van der Waals surface area contributed by atoms with Crippen molar-refractivity contribution in [3.63, 3.8) is 0 Å². The summed E-state index contributed by atoms with van der Waals surface area (Å²) in [5.41, 5.74) is 6.04. The summed E-state index contributed by atoms with van der Waals surface area (Å²) in [5, 5.41) is 0.885. The fourth-order valence-corrected chi connectivity index (χ4v) is 13.5. The molecule has 1 aromatic heterocycles. The molecule has 40 heavy (non-hydrogen) atoms. The van der Waals surface area contributed by atoms with E-state index in [-0.39, 0.29) is 11.2 Å². The van der Waals surface area contributed by atoms with Gasteiger partial charge in [0.15, 0.2) is 6.29 Å². The van der Waals surface area contributed by atoms with Gasteiger partial charge in [0.2, 0.25) is 8.32 Å². The molecule has 1 atom stereocenters. The van der Waals surface area contributed by atoms with Gasteiger partial charge in [-0.15, -0.1) is 0 Å². The molecule has 2 heterocycles. The fourth-order valence-electron chi connectivity index (χ4n) is 6.68. The maximum absolute atomic E-state index is 13.7. The Hall–Kier alpha value is -1.97. The van der Waals surface area contributed by atoms with Crippen molar-refractivity contribution in [1.29, 1.82) is 0 Å². The van der Waals surface area contributed by atoms with Crippen molar-refractivity contribution >= 4 is 29.2 Å². The van der Waals surface area contributed by atoms with Crippen LogP contribution in [-0.4, -0.2) is 33.6 Å². The highest BCUT2D eigenvalue weighted by Crippen LogP contribution is 2.43. The second-order valence-electron chi connectivity index (χ2n) is 12.2. The number of rotatable bonds is 11. The molecule has 0 N–H and O–H groups in total. The van der Waals surface area contributed by atoms with E-state index in [1.165, 1.54) is 3.97 Å². The summed E-state index contributed by atoms with van der Waals surface area (Å²) in [7, 11) is -5.88. The van der Waals surface area contributed by atoms with Gasteiger partial charge >= 0.3 is 0 Å². The smallest absolute Gasteiger partial charge is 0.268 e. The number of aryl methyl sites for hydroxylation is 2. The highest BCUT2D eigenvalue weighted by molar-refractivity contribution is 7.90. The first-order valence-corrected chi connectivity index (χ1v) is 18.3. The van der Waals surface area contributed by atoms with Crippen molar-refractivity contribution in [3.05, 3.63) is 64.8 Å². The van der Waals surface area contributed by atoms with Gasteiger partial charge in [-0.1, -0.05) is 65.3 Å². The molecule has 0 radical (unpaired) electrons. The Balaban J connectivity index is 1.80. The van der Waals surface area contributed by atoms with Crippen LogP contribution in [-0.2, 0) is 37.1 Å². The zero-order valence-corrected chi connectivity index (χ0v) is 27.3. The lowest BCUT2D eigenvalue weighted by molar-refractivity contribution is -0.168. The minimum Gasteiger partial charge on any atom is -0.412 e. The number of aromatic nitrogens is 1. The van der Waals surface area contributed by atoms with Gasteiger partial charge in [0.1, 0.15) is 0 Å². The zero-order valence-electron chi connectivity index (χ0n) is 25.5. The van der Waals surface area contributed by atoms with E-state index in [2.05, 4.69) is 47.6 Å². The molecule has 0 saturated carbocycles. The van der Waals surface area contributed by atoms with E-state index in [1.807, 2.05) is 32.0 Å². The molecule has 6 nitrogen and oxygen atoms in total. The topological polar surface area (TPSA) is 66.8 Å². The van der Waals surface area contributed by atoms with Crippen LogP contribution < -0.4 is 0 Å². The van der Waals surface area contributed by atoms with Gasteiger partial charge in [0.05, 0.1) is 23.6 Å². The highest BCUT2D eigenvalue weighted by Gasteiger charge is 2.45. The molecule has 0 aliphatic carbocycles. The van der Waals surface area contributed by atoms with Crippen LogP contribution >= 0.6 is 0 Å². The molecule has 1 saturated heterocycles. The lowest BCUT2D eigenvalue weighted by atomic mass is 10.0. The van der Waals surface area contributed by atoms with E-state index in [0.29, 0.717) is 42.0 Å². The average Bonchev–Trinajstić information content (AvgIpc) is 3.36. The monoisotopic (exact) mass is 585 g/mol. The molecule has 0 spiro atoms. The predicted octanol–water partition coefficient (Wildman–Crippen LogP) is 8.23. The Bertz CT molecular complexity index is 1380. The van der Waals surface area contributed by atoms with Crippen molar-refractivity contribution in [2.24, 2.45) is 0 Å². The summed E-state index contributed by atoms with van der Waals surface area (Å²) in [6, 6.07) is 11.0. The third-order valence-corrected chi connectivity index (χ3v) is 16.4. The normalized spacial score (nSPS) is 17.0. The second kappa shape index (κ2) is 12.5. The zero-order chi connectivity index (χ0) is 29.2. The lowest BCUT2D eigenvalue weighted by Gasteiger charge is -2.42. The molecule has 3 aromatic rings. The van der Waals surface area contributed by atoms with Crippen LogP contribution in [0.4, 0.5) is 0 Å². The summed E-state index contributed by atoms with van der Waals surface area (Å²) in [5.74, 6) is 0. The molecule has 0 bridgehead atoms. The number of nitrogens with zero attached hydrogens (tertiary/aromatic N) is 1. The molecule has 8 heteroatoms. The Labute approximate surface area is 242 Å². The van der Waals surface area contributed by atoms with Crippen LogP contribution in [0.1, 0.15) is 83.1 Å². The lowest BCUT2D eigenvalue weighted by Crippen LogP contribution is -2.47. The quantitative estimate of drug-likeness (QED) is 0.212. The third-order valence-electron chi connectivity index (χ3n) is 8.64. The molecule has 1 aliphatic heterocycles. The van der Waals surface area contributed by atoms with Crippen LogP contribution in [0.3, 0.4) is 0 Å². The number of hydrogen-bond acceptors (Lipinski definition) is 5. The van der Waals surface area contributed by atoms with Gasteiger partial charge in [-0.2, -0.15) is 0 Å². The van der Waals surface area contributed by atoms with Crippen LogP contribution in [0.15, 0.2) is 47.5 Å². The fraction of sp³-hybridized carbons (Fsp3) is 0.562. The van der Waals surface area contributed by atoms with E-state index in [9.17, 15) is 8.42 Å². The standard InChI is InChI=1S/C32H47NO5SSi/c1-22(2)40(23(3)4,24(5)6)38-20-27-19-26(8)32-29(30(27)21-37-31-11-9-10-18-36-31)16-17-33(32)39(34,35)28-14-12-25(7)13-15-28/h12-17,19,22-24,31H,9-11,18,20-21H2,1-8H3. The SMILES string of the molecule is Cc1ccc(S(=O)(=O)n2ccc3c(COC4CCCCO4)c(CO[Si](C(C)C)(C(C)C)C(C)C)cc(C)c32)cc1. The van der Waals surface area contributed by atoms with Crippen LogP contribution in [0, 0.1) is 13.8 Å². The first-order chi connectivity index (χ1) is 18.9. The van der Waals surface area contributed by atoms with Gasteiger partial charge in [-0.05, 0) is 84.6 Å². The maximum atomic E-state index is 13.7. The first-order valence-electron chi connectivity index (χ1n) is 14.7. The molecule has 1 unspecified atom stereocenters. The molecule has 1 fully saturated rings. The summed E-state index contributed by atoms with van der Waals surface area (Å²) in [6.45, 7) is 19.2. The molecular formula is C32H47NO5SSi. The van der Waals surface area contributed by atoms with E-state index in [4.69, 9.17) is 13.9 Å². The number of fused-ring (bicyclic) bond motifs is 1. The van der Waals surface area contributed by atoms with Gasteiger partial charge in [0, 0.05) is 18.2 Å². The van der Waals surface area contributed by atoms with Gasteiger partial charge in [0.25, 0.3) is 10.0 Å². The van der Waals surface area contributed by atoms with E-state index in [0.717, 1.165) is 46.9 Å². The van der Waals surface area contributed by atoms with Crippen molar-refractivity contribution in [2.45, 2.75) is 116 Å². The Morgan fingerprint density at radius 3 is 2.17 bits per heavy atom. The van der Waals surface area contributed by atoms with Crippen molar-refractivity contribution < 1.29 is 22.3 Å². The molecule has 2 aromatic carbocycles. The van der Waals surface area contributed by atoms with E-state index >= 15 is 0 Å². The predicted molar refractivity (Wildman–Crippen MR) is 165 cm³/mol. The van der Waals surface area contributed by atoms with Crippen LogP contribution in [0.2, 0.25) is 16.6 Å². The minimum absolute atomic E-state index is 0.243. The summed E-state index contributed by atoms with van der Waals surface area (Å²) < 4.78 is 48.1. The molecular weight excluding hydrogens is 539 g/mol. The van der Waals surface area contributed by atoms with Crippen LogP contribution in [0.25, 0.3) is 10.9 Å². The van der Waals surface area contributed by atoms with Crippen LogP contribution in [0.5, 0.6) is 0 Å². The molecule has 0 amide bonds. The first kappa shape index (κ1) is 31.0. The second-order valence-corrected chi connectivity index (χ2v) is 19.5. The maximum Gasteiger partial charge on any atom is 0.268 e. The van der Waals surface area contributed by atoms with Crippen molar-refractivity contribution in [1.82, 2.24) is 3.97 Å². The molecule has 4 rings (SSSR count). The highest BCUT2D eigenvalue weighted by atomic mass is 32.2. The molecule has 220 valence electrons.